The molecule has 2 aromatic carbocycles. The Morgan fingerprint density at radius 3 is 2.48 bits per heavy atom. The zero-order valence-corrected chi connectivity index (χ0v) is 15.7. The number of carbonyl (C=O) groups is 1. The number of carbonyl (C=O) groups excluding carboxylic acids is 1. The van der Waals surface area contributed by atoms with Crippen LogP contribution in [0, 0.1) is 0 Å². The van der Waals surface area contributed by atoms with Gasteiger partial charge in [0.25, 0.3) is 0 Å². The molecule has 0 unspecified atom stereocenters. The summed E-state index contributed by atoms with van der Waals surface area (Å²) in [6, 6.07) is 15.2. The Morgan fingerprint density at radius 1 is 1.07 bits per heavy atom. The minimum Gasteiger partial charge on any atom is -0.550 e. The van der Waals surface area contributed by atoms with Gasteiger partial charge in [0, 0.05) is 23.0 Å². The van der Waals surface area contributed by atoms with Crippen molar-refractivity contribution in [2.45, 2.75) is 11.6 Å². The van der Waals surface area contributed by atoms with Crippen LogP contribution in [-0.4, -0.2) is 40.7 Å². The summed E-state index contributed by atoms with van der Waals surface area (Å²) in [5.74, 6) is 1.09. The molecule has 0 amide bonds. The highest BCUT2D eigenvalue weighted by Gasteiger charge is 2.17. The fourth-order valence-electron chi connectivity index (χ4n) is 2.56. The molecule has 0 spiro atoms. The number of rotatable bonds is 8. The topological polar surface area (TPSA) is 89.3 Å². The first-order valence-corrected chi connectivity index (χ1v) is 9.18. The van der Waals surface area contributed by atoms with Gasteiger partial charge < -0.3 is 19.4 Å². The van der Waals surface area contributed by atoms with Crippen molar-refractivity contribution < 1.29 is 19.4 Å². The highest BCUT2D eigenvalue weighted by molar-refractivity contribution is 7.99. The SMILES string of the molecule is COc1ccc(-c2nnc(SCCC(=O)[O-])n2-c2ccccc2)cc1OC. The van der Waals surface area contributed by atoms with Gasteiger partial charge in [0.15, 0.2) is 22.5 Å². The van der Waals surface area contributed by atoms with E-state index in [9.17, 15) is 9.90 Å². The second kappa shape index (κ2) is 8.59. The van der Waals surface area contributed by atoms with E-state index in [1.54, 1.807) is 20.3 Å². The number of nitrogens with zero attached hydrogens (tertiary/aromatic N) is 3. The molecule has 0 N–H and O–H groups in total. The third-order valence-corrected chi connectivity index (χ3v) is 4.76. The first kappa shape index (κ1) is 18.8. The molecule has 0 aliphatic heterocycles. The van der Waals surface area contributed by atoms with Gasteiger partial charge in [-0.15, -0.1) is 10.2 Å². The Hall–Kier alpha value is -3.00. The second-order valence-corrected chi connectivity index (χ2v) is 6.58. The van der Waals surface area contributed by atoms with Crippen LogP contribution in [0.25, 0.3) is 17.1 Å². The van der Waals surface area contributed by atoms with Crippen molar-refractivity contribution >= 4 is 17.7 Å². The van der Waals surface area contributed by atoms with E-state index in [1.165, 1.54) is 11.8 Å². The Kier molecular flexibility index (Phi) is 5.97. The number of hydrogen-bond donors (Lipinski definition) is 0. The molecule has 7 nitrogen and oxygen atoms in total. The number of thioether (sulfide) groups is 1. The lowest BCUT2D eigenvalue weighted by molar-refractivity contribution is -0.305. The molecule has 8 heteroatoms. The minimum absolute atomic E-state index is 0.0575. The minimum atomic E-state index is -1.09. The maximum atomic E-state index is 10.7. The lowest BCUT2D eigenvalue weighted by Crippen LogP contribution is -2.22. The molecule has 0 fully saturated rings. The van der Waals surface area contributed by atoms with E-state index in [0.29, 0.717) is 28.2 Å². The highest BCUT2D eigenvalue weighted by atomic mass is 32.2. The van der Waals surface area contributed by atoms with Gasteiger partial charge in [0.1, 0.15) is 0 Å². The van der Waals surface area contributed by atoms with Crippen molar-refractivity contribution in [1.29, 1.82) is 0 Å². The van der Waals surface area contributed by atoms with Crippen LogP contribution < -0.4 is 14.6 Å². The summed E-state index contributed by atoms with van der Waals surface area (Å²) in [6.45, 7) is 0. The Balaban J connectivity index is 2.05. The first-order chi connectivity index (χ1) is 13.1. The number of carboxylic acids is 1. The van der Waals surface area contributed by atoms with Gasteiger partial charge in [-0.2, -0.15) is 0 Å². The second-order valence-electron chi connectivity index (χ2n) is 5.52. The molecule has 0 atom stereocenters. The van der Waals surface area contributed by atoms with Crippen molar-refractivity contribution in [3.05, 3.63) is 48.5 Å². The average molecular weight is 384 g/mol. The number of aliphatic carboxylic acids is 1. The summed E-state index contributed by atoms with van der Waals surface area (Å²) in [5, 5.41) is 19.9. The van der Waals surface area contributed by atoms with Crippen LogP contribution in [0.3, 0.4) is 0 Å². The summed E-state index contributed by atoms with van der Waals surface area (Å²) in [4.78, 5) is 10.7. The summed E-state index contributed by atoms with van der Waals surface area (Å²) in [6.07, 6.45) is -0.0575. The van der Waals surface area contributed by atoms with Crippen LogP contribution in [0.15, 0.2) is 53.7 Å². The van der Waals surface area contributed by atoms with Gasteiger partial charge in [-0.1, -0.05) is 30.0 Å². The van der Waals surface area contributed by atoms with Crippen LogP contribution >= 0.6 is 11.8 Å². The van der Waals surface area contributed by atoms with Crippen LogP contribution in [0.5, 0.6) is 11.5 Å². The van der Waals surface area contributed by atoms with Crippen LogP contribution in [0.2, 0.25) is 0 Å². The molecule has 0 bridgehead atoms. The van der Waals surface area contributed by atoms with Gasteiger partial charge in [-0.25, -0.2) is 0 Å². The zero-order valence-electron chi connectivity index (χ0n) is 14.9. The summed E-state index contributed by atoms with van der Waals surface area (Å²) >= 11 is 1.32. The number of para-hydroxylation sites is 1. The van der Waals surface area contributed by atoms with Gasteiger partial charge in [-0.05, 0) is 36.8 Å². The molecule has 0 saturated heterocycles. The third-order valence-electron chi connectivity index (χ3n) is 3.83. The molecular formula is C19H18N3O4S-. The molecule has 3 rings (SSSR count). The Labute approximate surface area is 161 Å². The van der Waals surface area contributed by atoms with Crippen molar-refractivity contribution in [1.82, 2.24) is 14.8 Å². The quantitative estimate of drug-likeness (QED) is 0.550. The van der Waals surface area contributed by atoms with Crippen molar-refractivity contribution in [3.8, 4) is 28.6 Å². The largest absolute Gasteiger partial charge is 0.550 e. The van der Waals surface area contributed by atoms with E-state index >= 15 is 0 Å². The maximum Gasteiger partial charge on any atom is 0.196 e. The highest BCUT2D eigenvalue weighted by Crippen LogP contribution is 2.34. The average Bonchev–Trinajstić information content (AvgIpc) is 3.11. The third kappa shape index (κ3) is 4.22. The zero-order chi connectivity index (χ0) is 19.2. The molecule has 0 radical (unpaired) electrons. The lowest BCUT2D eigenvalue weighted by atomic mass is 10.2. The van der Waals surface area contributed by atoms with Gasteiger partial charge in [0.05, 0.1) is 14.2 Å². The number of methoxy groups -OCH3 is 2. The number of ether oxygens (including phenoxy) is 2. The van der Waals surface area contributed by atoms with Crippen molar-refractivity contribution in [2.75, 3.05) is 20.0 Å². The van der Waals surface area contributed by atoms with Crippen LogP contribution in [0.4, 0.5) is 0 Å². The van der Waals surface area contributed by atoms with Crippen molar-refractivity contribution in [2.24, 2.45) is 0 Å². The van der Waals surface area contributed by atoms with E-state index in [0.717, 1.165) is 11.3 Å². The van der Waals surface area contributed by atoms with E-state index in [4.69, 9.17) is 9.47 Å². The monoisotopic (exact) mass is 384 g/mol. The van der Waals surface area contributed by atoms with Crippen LogP contribution in [-0.2, 0) is 4.79 Å². The molecule has 0 aliphatic rings. The van der Waals surface area contributed by atoms with E-state index < -0.39 is 5.97 Å². The maximum absolute atomic E-state index is 10.7. The molecule has 3 aromatic rings. The number of aromatic nitrogens is 3. The van der Waals surface area contributed by atoms with Gasteiger partial charge in [0.2, 0.25) is 0 Å². The predicted molar refractivity (Wildman–Crippen MR) is 100 cm³/mol. The molecule has 0 aliphatic carbocycles. The van der Waals surface area contributed by atoms with E-state index in [-0.39, 0.29) is 6.42 Å². The lowest BCUT2D eigenvalue weighted by Gasteiger charge is -2.12. The normalized spacial score (nSPS) is 10.6. The number of carboxylic acid groups (broad SMARTS) is 1. The van der Waals surface area contributed by atoms with E-state index in [1.807, 2.05) is 47.0 Å². The molecular weight excluding hydrogens is 366 g/mol. The fourth-order valence-corrected chi connectivity index (χ4v) is 3.43. The molecule has 27 heavy (non-hydrogen) atoms. The summed E-state index contributed by atoms with van der Waals surface area (Å²) in [5.41, 5.74) is 1.68. The number of benzene rings is 2. The fraction of sp³-hybridized carbons (Fsp3) is 0.211. The van der Waals surface area contributed by atoms with Gasteiger partial charge >= 0.3 is 0 Å². The molecule has 1 aromatic heterocycles. The van der Waals surface area contributed by atoms with Crippen molar-refractivity contribution in [3.63, 3.8) is 0 Å². The molecule has 0 saturated carbocycles. The van der Waals surface area contributed by atoms with Gasteiger partial charge in [-0.3, -0.25) is 4.57 Å². The smallest absolute Gasteiger partial charge is 0.196 e. The number of hydrogen-bond acceptors (Lipinski definition) is 7. The Morgan fingerprint density at radius 2 is 1.81 bits per heavy atom. The van der Waals surface area contributed by atoms with Crippen LogP contribution in [0.1, 0.15) is 6.42 Å². The predicted octanol–water partition coefficient (Wildman–Crippen LogP) is 2.18. The standard InChI is InChI=1S/C19H19N3O4S/c1-25-15-9-8-13(12-16(15)26-2)18-20-21-19(27-11-10-17(23)24)22(18)14-6-4-3-5-7-14/h3-9,12H,10-11H2,1-2H3,(H,23,24)/p-1. The first-order valence-electron chi connectivity index (χ1n) is 8.20. The summed E-state index contributed by atoms with van der Waals surface area (Å²) in [7, 11) is 3.15. The molecule has 140 valence electrons. The molecule has 1 heterocycles. The summed E-state index contributed by atoms with van der Waals surface area (Å²) < 4.78 is 12.6. The Bertz CT molecular complexity index is 928. The van der Waals surface area contributed by atoms with E-state index in [2.05, 4.69) is 10.2 Å².